The van der Waals surface area contributed by atoms with Gasteiger partial charge in [0, 0.05) is 11.4 Å². The minimum absolute atomic E-state index is 0.0393. The van der Waals surface area contributed by atoms with Gasteiger partial charge in [0.2, 0.25) is 11.8 Å². The number of likely N-dealkylation sites (tertiary alicyclic amines) is 1. The highest BCUT2D eigenvalue weighted by atomic mass is 79.9. The van der Waals surface area contributed by atoms with Gasteiger partial charge in [-0.15, -0.1) is 0 Å². The van der Waals surface area contributed by atoms with E-state index < -0.39 is 12.0 Å². The highest BCUT2D eigenvalue weighted by Crippen LogP contribution is 2.48. The molecular formula is C25H22BrN7O4. The third-order valence-electron chi connectivity index (χ3n) is 7.04. The summed E-state index contributed by atoms with van der Waals surface area (Å²) in [5, 5.41) is 4.03. The molecule has 4 heterocycles. The summed E-state index contributed by atoms with van der Waals surface area (Å²) < 4.78 is 7.22. The predicted octanol–water partition coefficient (Wildman–Crippen LogP) is 2.74. The van der Waals surface area contributed by atoms with Crippen molar-refractivity contribution in [2.45, 2.75) is 31.5 Å². The van der Waals surface area contributed by atoms with E-state index in [9.17, 15) is 14.4 Å². The Balaban J connectivity index is 1.34. The SMILES string of the molecule is COC(=O)c1ccc2c(c1)c1c(N)ncnc1n2CC(=O)N1[C@@H]2C[C@@H]2C[C@H]1C(=O)Nc1cccc(Br)n1. The van der Waals surface area contributed by atoms with Crippen molar-refractivity contribution in [3.05, 3.63) is 52.9 Å². The Bertz CT molecular complexity index is 1600. The van der Waals surface area contributed by atoms with Crippen LogP contribution in [0.1, 0.15) is 23.2 Å². The number of anilines is 2. The number of hydrogen-bond donors (Lipinski definition) is 2. The van der Waals surface area contributed by atoms with E-state index >= 15 is 0 Å². The lowest BCUT2D eigenvalue weighted by Gasteiger charge is -2.27. The molecule has 37 heavy (non-hydrogen) atoms. The number of piperidine rings is 1. The topological polar surface area (TPSA) is 145 Å². The standard InChI is InChI=1S/C25H22BrN7O4/c1-37-25(36)12-5-6-15-14(7-12)21-22(27)28-11-29-23(21)32(15)10-20(34)33-16-8-13(16)9-17(33)24(35)31-19-4-2-3-18(26)30-19/h2-7,11,13,16-17H,8-10H2,1H3,(H2,27,28,29)(H,30,31,35)/t13-,16-,17+/m1/s1. The summed E-state index contributed by atoms with van der Waals surface area (Å²) in [5.41, 5.74) is 7.68. The van der Waals surface area contributed by atoms with Gasteiger partial charge in [-0.05, 0) is 65.0 Å². The maximum Gasteiger partial charge on any atom is 0.337 e. The summed E-state index contributed by atoms with van der Waals surface area (Å²) in [6.45, 7) is -0.0455. The number of benzene rings is 1. The monoisotopic (exact) mass is 563 g/mol. The number of rotatable bonds is 5. The fourth-order valence-electron chi connectivity index (χ4n) is 5.30. The number of halogens is 1. The van der Waals surface area contributed by atoms with Gasteiger partial charge in [-0.1, -0.05) is 6.07 Å². The normalized spacial score (nSPS) is 20.2. The number of amides is 2. The molecule has 188 valence electrons. The van der Waals surface area contributed by atoms with Crippen LogP contribution in [0, 0.1) is 5.92 Å². The number of hydrogen-bond acceptors (Lipinski definition) is 8. The summed E-state index contributed by atoms with van der Waals surface area (Å²) in [6, 6.07) is 9.74. The summed E-state index contributed by atoms with van der Waals surface area (Å²) in [6.07, 6.45) is 2.84. The Morgan fingerprint density at radius 1 is 1.19 bits per heavy atom. The Morgan fingerprint density at radius 2 is 2.03 bits per heavy atom. The summed E-state index contributed by atoms with van der Waals surface area (Å²) in [4.78, 5) is 53.5. The van der Waals surface area contributed by atoms with Gasteiger partial charge >= 0.3 is 5.97 Å². The van der Waals surface area contributed by atoms with Crippen molar-refractivity contribution >= 4 is 67.3 Å². The first-order valence-corrected chi connectivity index (χ1v) is 12.5. The van der Waals surface area contributed by atoms with Gasteiger partial charge in [0.25, 0.3) is 0 Å². The molecule has 1 saturated heterocycles. The summed E-state index contributed by atoms with van der Waals surface area (Å²) >= 11 is 3.31. The molecule has 2 aliphatic rings. The van der Waals surface area contributed by atoms with Crippen LogP contribution < -0.4 is 11.1 Å². The number of fused-ring (bicyclic) bond motifs is 4. The maximum absolute atomic E-state index is 13.7. The first-order valence-electron chi connectivity index (χ1n) is 11.7. The molecule has 1 aliphatic heterocycles. The second-order valence-corrected chi connectivity index (χ2v) is 10.0. The molecule has 0 spiro atoms. The van der Waals surface area contributed by atoms with E-state index in [1.165, 1.54) is 13.4 Å². The zero-order valence-electron chi connectivity index (χ0n) is 19.7. The van der Waals surface area contributed by atoms with Gasteiger partial charge in [0.1, 0.15) is 40.8 Å². The van der Waals surface area contributed by atoms with Crippen molar-refractivity contribution in [2.24, 2.45) is 5.92 Å². The first kappa shape index (κ1) is 23.3. The average Bonchev–Trinajstić information content (AvgIpc) is 3.43. The number of pyridine rings is 1. The van der Waals surface area contributed by atoms with Crippen LogP contribution in [0.2, 0.25) is 0 Å². The Morgan fingerprint density at radius 3 is 2.81 bits per heavy atom. The molecule has 6 rings (SSSR count). The second-order valence-electron chi connectivity index (χ2n) is 9.22. The number of esters is 1. The number of ether oxygens (including phenoxy) is 1. The molecule has 0 radical (unpaired) electrons. The van der Waals surface area contributed by atoms with E-state index in [0.29, 0.717) is 50.3 Å². The van der Waals surface area contributed by atoms with Crippen LogP contribution in [0.3, 0.4) is 0 Å². The fraction of sp³-hybridized carbons (Fsp3) is 0.280. The lowest BCUT2D eigenvalue weighted by atomic mass is 10.1. The van der Waals surface area contributed by atoms with Gasteiger partial charge in [0.15, 0.2) is 0 Å². The van der Waals surface area contributed by atoms with Gasteiger partial charge in [-0.25, -0.2) is 19.7 Å². The molecule has 12 heteroatoms. The van der Waals surface area contributed by atoms with Gasteiger partial charge in [-0.3, -0.25) is 9.59 Å². The Hall–Kier alpha value is -4.06. The van der Waals surface area contributed by atoms with Crippen molar-refractivity contribution in [1.29, 1.82) is 0 Å². The maximum atomic E-state index is 13.7. The molecule has 2 fully saturated rings. The van der Waals surface area contributed by atoms with Crippen molar-refractivity contribution in [3.63, 3.8) is 0 Å². The molecule has 4 aromatic rings. The highest BCUT2D eigenvalue weighted by molar-refractivity contribution is 9.10. The molecule has 1 aliphatic carbocycles. The molecule has 1 saturated carbocycles. The van der Waals surface area contributed by atoms with Crippen LogP contribution in [0.15, 0.2) is 47.3 Å². The van der Waals surface area contributed by atoms with Crippen molar-refractivity contribution in [1.82, 2.24) is 24.4 Å². The van der Waals surface area contributed by atoms with Crippen LogP contribution >= 0.6 is 15.9 Å². The number of carbonyl (C=O) groups is 3. The number of nitrogens with zero attached hydrogens (tertiary/aromatic N) is 5. The minimum Gasteiger partial charge on any atom is -0.465 e. The van der Waals surface area contributed by atoms with E-state index in [0.717, 1.165) is 6.42 Å². The lowest BCUT2D eigenvalue weighted by Crippen LogP contribution is -2.46. The number of carbonyl (C=O) groups excluding carboxylic acids is 3. The highest BCUT2D eigenvalue weighted by Gasteiger charge is 2.56. The minimum atomic E-state index is -0.587. The van der Waals surface area contributed by atoms with Crippen LogP contribution in [-0.4, -0.2) is 61.4 Å². The fourth-order valence-corrected chi connectivity index (χ4v) is 5.64. The Labute approximate surface area is 219 Å². The number of nitrogens with two attached hydrogens (primary N) is 1. The molecule has 3 atom stereocenters. The quantitative estimate of drug-likeness (QED) is 0.278. The van der Waals surface area contributed by atoms with Crippen molar-refractivity contribution in [2.75, 3.05) is 18.2 Å². The van der Waals surface area contributed by atoms with Gasteiger partial charge in [0.05, 0.1) is 23.6 Å². The van der Waals surface area contributed by atoms with E-state index in [4.69, 9.17) is 10.5 Å². The molecule has 2 amide bonds. The molecular weight excluding hydrogens is 542 g/mol. The van der Waals surface area contributed by atoms with Gasteiger partial charge in [-0.2, -0.15) is 0 Å². The molecule has 3 aromatic heterocycles. The number of nitrogen functional groups attached to an aromatic ring is 1. The number of aromatic nitrogens is 4. The van der Waals surface area contributed by atoms with Gasteiger partial charge < -0.3 is 25.3 Å². The van der Waals surface area contributed by atoms with Crippen LogP contribution in [0.25, 0.3) is 21.9 Å². The largest absolute Gasteiger partial charge is 0.465 e. The third-order valence-corrected chi connectivity index (χ3v) is 7.49. The molecule has 0 unspecified atom stereocenters. The van der Waals surface area contributed by atoms with E-state index in [1.807, 2.05) is 0 Å². The first-order chi connectivity index (χ1) is 17.9. The van der Waals surface area contributed by atoms with E-state index in [-0.39, 0.29) is 30.2 Å². The second kappa shape index (κ2) is 8.80. The van der Waals surface area contributed by atoms with Crippen molar-refractivity contribution < 1.29 is 19.1 Å². The summed E-state index contributed by atoms with van der Waals surface area (Å²) in [5.74, 6) is 0.0330. The average molecular weight is 564 g/mol. The predicted molar refractivity (Wildman–Crippen MR) is 138 cm³/mol. The smallest absolute Gasteiger partial charge is 0.337 e. The number of methoxy groups -OCH3 is 1. The van der Waals surface area contributed by atoms with Crippen molar-refractivity contribution in [3.8, 4) is 0 Å². The Kier molecular flexibility index (Phi) is 5.55. The molecule has 0 bridgehead atoms. The number of nitrogens with one attached hydrogen (secondary N) is 1. The lowest BCUT2D eigenvalue weighted by molar-refractivity contribution is -0.138. The molecule has 11 nitrogen and oxygen atoms in total. The van der Waals surface area contributed by atoms with Crippen LogP contribution in [0.5, 0.6) is 0 Å². The van der Waals surface area contributed by atoms with E-state index in [1.54, 1.807) is 45.9 Å². The zero-order chi connectivity index (χ0) is 25.8. The van der Waals surface area contributed by atoms with Crippen LogP contribution in [0.4, 0.5) is 11.6 Å². The third kappa shape index (κ3) is 3.97. The summed E-state index contributed by atoms with van der Waals surface area (Å²) in [7, 11) is 1.31. The molecule has 1 aromatic carbocycles. The van der Waals surface area contributed by atoms with E-state index in [2.05, 4.69) is 36.2 Å². The van der Waals surface area contributed by atoms with Crippen LogP contribution in [-0.2, 0) is 20.9 Å². The zero-order valence-corrected chi connectivity index (χ0v) is 21.3. The molecule has 3 N–H and O–H groups in total.